The highest BCUT2D eigenvalue weighted by atomic mass is 19.1. The summed E-state index contributed by atoms with van der Waals surface area (Å²) in [4.78, 5) is 15.7. The van der Waals surface area contributed by atoms with E-state index in [0.717, 1.165) is 22.2 Å². The largest absolute Gasteiger partial charge is 0.495 e. The van der Waals surface area contributed by atoms with Crippen LogP contribution in [0.15, 0.2) is 42.5 Å². The minimum absolute atomic E-state index is 0.175. The maximum atomic E-state index is 12.9. The van der Waals surface area contributed by atoms with Gasteiger partial charge in [0.15, 0.2) is 0 Å². The van der Waals surface area contributed by atoms with Crippen molar-refractivity contribution in [3.8, 4) is 5.75 Å². The van der Waals surface area contributed by atoms with Gasteiger partial charge in [0.05, 0.1) is 18.2 Å². The predicted octanol–water partition coefficient (Wildman–Crippen LogP) is 3.55. The van der Waals surface area contributed by atoms with Crippen LogP contribution in [0.25, 0.3) is 10.9 Å². The van der Waals surface area contributed by atoms with Gasteiger partial charge in [-0.2, -0.15) is 0 Å². The molecule has 3 aromatic rings. The Morgan fingerprint density at radius 3 is 2.65 bits per heavy atom. The molecule has 2 N–H and O–H groups in total. The zero-order valence-corrected chi connectivity index (χ0v) is 12.9. The first-order valence-electron chi connectivity index (χ1n) is 7.28. The molecule has 0 saturated heterocycles. The van der Waals surface area contributed by atoms with Crippen LogP contribution >= 0.6 is 0 Å². The monoisotopic (exact) mass is 312 g/mol. The lowest BCUT2D eigenvalue weighted by Gasteiger charge is -2.06. The first-order valence-corrected chi connectivity index (χ1v) is 7.28. The van der Waals surface area contributed by atoms with Crippen molar-refractivity contribution in [1.29, 1.82) is 0 Å². The Kier molecular flexibility index (Phi) is 4.02. The average molecular weight is 312 g/mol. The Balaban J connectivity index is 1.86. The molecule has 0 aliphatic heterocycles. The van der Waals surface area contributed by atoms with Gasteiger partial charge in [0, 0.05) is 17.6 Å². The second-order valence-electron chi connectivity index (χ2n) is 5.32. The molecule has 1 aromatic heterocycles. The number of para-hydroxylation sites is 1. The van der Waals surface area contributed by atoms with Crippen molar-refractivity contribution in [2.24, 2.45) is 0 Å². The molecule has 0 aliphatic carbocycles. The third kappa shape index (κ3) is 2.90. The molecule has 2 aromatic carbocycles. The van der Waals surface area contributed by atoms with Gasteiger partial charge in [0.25, 0.3) is 5.91 Å². The van der Waals surface area contributed by atoms with Crippen LogP contribution in [-0.2, 0) is 6.54 Å². The average Bonchev–Trinajstić information content (AvgIpc) is 2.90. The molecule has 0 radical (unpaired) electrons. The first kappa shape index (κ1) is 15.1. The van der Waals surface area contributed by atoms with Gasteiger partial charge in [-0.1, -0.05) is 24.3 Å². The van der Waals surface area contributed by atoms with Gasteiger partial charge < -0.3 is 15.0 Å². The minimum atomic E-state index is -0.292. The summed E-state index contributed by atoms with van der Waals surface area (Å²) in [6, 6.07) is 11.6. The fourth-order valence-corrected chi connectivity index (χ4v) is 2.66. The van der Waals surface area contributed by atoms with Crippen LogP contribution < -0.4 is 10.1 Å². The number of hydrogen-bond donors (Lipinski definition) is 2. The van der Waals surface area contributed by atoms with Crippen molar-refractivity contribution < 1.29 is 13.9 Å². The fourth-order valence-electron chi connectivity index (χ4n) is 2.66. The molecule has 5 heteroatoms. The van der Waals surface area contributed by atoms with E-state index in [1.807, 2.05) is 25.1 Å². The molecule has 0 bridgehead atoms. The van der Waals surface area contributed by atoms with Gasteiger partial charge >= 0.3 is 0 Å². The second kappa shape index (κ2) is 6.12. The number of carbonyl (C=O) groups excluding carboxylic acids is 1. The Labute approximate surface area is 133 Å². The normalized spacial score (nSPS) is 10.7. The highest BCUT2D eigenvalue weighted by Crippen LogP contribution is 2.29. The van der Waals surface area contributed by atoms with Gasteiger partial charge in [0.1, 0.15) is 11.6 Å². The van der Waals surface area contributed by atoms with Crippen LogP contribution in [0, 0.1) is 12.7 Å². The number of methoxy groups -OCH3 is 1. The standard InChI is InChI=1S/C18H17FN2O2/c1-11-16(14-4-3-5-15(23-2)17(14)21-11)18(22)20-10-12-6-8-13(19)9-7-12/h3-9,21H,10H2,1-2H3,(H,20,22). The smallest absolute Gasteiger partial charge is 0.253 e. The number of aromatic nitrogens is 1. The number of carbonyl (C=O) groups is 1. The van der Waals surface area contributed by atoms with E-state index in [1.54, 1.807) is 19.2 Å². The van der Waals surface area contributed by atoms with Gasteiger partial charge in [-0.3, -0.25) is 4.79 Å². The van der Waals surface area contributed by atoms with Crippen molar-refractivity contribution in [2.45, 2.75) is 13.5 Å². The molecule has 118 valence electrons. The van der Waals surface area contributed by atoms with Gasteiger partial charge in [0.2, 0.25) is 0 Å². The highest BCUT2D eigenvalue weighted by Gasteiger charge is 2.17. The molecule has 0 spiro atoms. The first-order chi connectivity index (χ1) is 11.1. The van der Waals surface area contributed by atoms with Crippen LogP contribution in [0.5, 0.6) is 5.75 Å². The van der Waals surface area contributed by atoms with E-state index in [-0.39, 0.29) is 11.7 Å². The van der Waals surface area contributed by atoms with Crippen molar-refractivity contribution >= 4 is 16.8 Å². The van der Waals surface area contributed by atoms with Crippen LogP contribution in [0.1, 0.15) is 21.6 Å². The molecule has 1 heterocycles. The molecule has 23 heavy (non-hydrogen) atoms. The topological polar surface area (TPSA) is 54.1 Å². The molecule has 0 unspecified atom stereocenters. The third-order valence-corrected chi connectivity index (χ3v) is 3.80. The summed E-state index contributed by atoms with van der Waals surface area (Å²) in [6.45, 7) is 2.20. The summed E-state index contributed by atoms with van der Waals surface area (Å²) in [5.41, 5.74) is 3.02. The fraction of sp³-hybridized carbons (Fsp3) is 0.167. The Morgan fingerprint density at radius 2 is 1.96 bits per heavy atom. The number of ether oxygens (including phenoxy) is 1. The molecule has 1 amide bonds. The van der Waals surface area contributed by atoms with E-state index in [4.69, 9.17) is 4.74 Å². The predicted molar refractivity (Wildman–Crippen MR) is 87.2 cm³/mol. The van der Waals surface area contributed by atoms with Gasteiger partial charge in [-0.05, 0) is 30.7 Å². The Bertz CT molecular complexity index is 853. The minimum Gasteiger partial charge on any atom is -0.495 e. The summed E-state index contributed by atoms with van der Waals surface area (Å²) in [7, 11) is 1.60. The van der Waals surface area contributed by atoms with Gasteiger partial charge in [-0.15, -0.1) is 0 Å². The van der Waals surface area contributed by atoms with E-state index >= 15 is 0 Å². The zero-order valence-electron chi connectivity index (χ0n) is 12.9. The molecular weight excluding hydrogens is 295 g/mol. The zero-order chi connectivity index (χ0) is 16.4. The number of fused-ring (bicyclic) bond motifs is 1. The molecule has 4 nitrogen and oxygen atoms in total. The summed E-state index contributed by atoms with van der Waals surface area (Å²) >= 11 is 0. The summed E-state index contributed by atoms with van der Waals surface area (Å²) in [6.07, 6.45) is 0. The molecule has 0 saturated carbocycles. The number of H-pyrrole nitrogens is 1. The van der Waals surface area contributed by atoms with Crippen LogP contribution in [0.3, 0.4) is 0 Å². The van der Waals surface area contributed by atoms with E-state index in [2.05, 4.69) is 10.3 Å². The third-order valence-electron chi connectivity index (χ3n) is 3.80. The van der Waals surface area contributed by atoms with Crippen LogP contribution in [-0.4, -0.2) is 18.0 Å². The lowest BCUT2D eigenvalue weighted by molar-refractivity contribution is 0.0952. The molecule has 0 aliphatic rings. The summed E-state index contributed by atoms with van der Waals surface area (Å²) in [5.74, 6) is 0.231. The molecule has 0 fully saturated rings. The number of aromatic amines is 1. The van der Waals surface area contributed by atoms with Crippen molar-refractivity contribution in [3.05, 3.63) is 65.1 Å². The summed E-state index contributed by atoms with van der Waals surface area (Å²) < 4.78 is 18.2. The number of benzene rings is 2. The van der Waals surface area contributed by atoms with Crippen molar-refractivity contribution in [3.63, 3.8) is 0 Å². The highest BCUT2D eigenvalue weighted by molar-refractivity contribution is 6.09. The number of aryl methyl sites for hydroxylation is 1. The number of rotatable bonds is 4. The number of hydrogen-bond acceptors (Lipinski definition) is 2. The number of halogens is 1. The van der Waals surface area contributed by atoms with Crippen molar-refractivity contribution in [1.82, 2.24) is 10.3 Å². The van der Waals surface area contributed by atoms with E-state index in [1.165, 1.54) is 12.1 Å². The molecular formula is C18H17FN2O2. The lowest BCUT2D eigenvalue weighted by Crippen LogP contribution is -2.23. The van der Waals surface area contributed by atoms with E-state index in [0.29, 0.717) is 17.9 Å². The number of amides is 1. The van der Waals surface area contributed by atoms with E-state index < -0.39 is 0 Å². The maximum absolute atomic E-state index is 12.9. The van der Waals surface area contributed by atoms with E-state index in [9.17, 15) is 9.18 Å². The second-order valence-corrected chi connectivity index (χ2v) is 5.32. The lowest BCUT2D eigenvalue weighted by atomic mass is 10.1. The Hall–Kier alpha value is -2.82. The van der Waals surface area contributed by atoms with Crippen molar-refractivity contribution in [2.75, 3.05) is 7.11 Å². The molecule has 0 atom stereocenters. The summed E-state index contributed by atoms with van der Waals surface area (Å²) in [5, 5.41) is 3.69. The van der Waals surface area contributed by atoms with Crippen LogP contribution in [0.2, 0.25) is 0 Å². The quantitative estimate of drug-likeness (QED) is 0.774. The number of nitrogens with one attached hydrogen (secondary N) is 2. The Morgan fingerprint density at radius 1 is 1.22 bits per heavy atom. The van der Waals surface area contributed by atoms with Crippen LogP contribution in [0.4, 0.5) is 4.39 Å². The SMILES string of the molecule is COc1cccc2c(C(=O)NCc3ccc(F)cc3)c(C)[nH]c12. The van der Waals surface area contributed by atoms with Gasteiger partial charge in [-0.25, -0.2) is 4.39 Å². The molecule has 3 rings (SSSR count). The maximum Gasteiger partial charge on any atom is 0.253 e.